The van der Waals surface area contributed by atoms with Crippen LogP contribution in [0.2, 0.25) is 0 Å². The van der Waals surface area contributed by atoms with Gasteiger partial charge in [0.25, 0.3) is 0 Å². The molecule has 1 atom stereocenters. The molecule has 1 fully saturated rings. The number of halogens is 3. The van der Waals surface area contributed by atoms with Gasteiger partial charge in [-0.1, -0.05) is 6.07 Å². The Morgan fingerprint density at radius 1 is 1.06 bits per heavy atom. The van der Waals surface area contributed by atoms with E-state index in [1.165, 1.54) is 6.07 Å². The summed E-state index contributed by atoms with van der Waals surface area (Å²) in [5.74, 6) is -1.58. The van der Waals surface area contributed by atoms with E-state index in [-0.39, 0.29) is 12.8 Å². The lowest BCUT2D eigenvalue weighted by Gasteiger charge is -2.24. The molecule has 0 spiro atoms. The van der Waals surface area contributed by atoms with Crippen molar-refractivity contribution < 1.29 is 13.2 Å². The first kappa shape index (κ1) is 11.5. The van der Waals surface area contributed by atoms with Gasteiger partial charge in [0.2, 0.25) is 0 Å². The van der Waals surface area contributed by atoms with E-state index in [1.54, 1.807) is 0 Å². The van der Waals surface area contributed by atoms with Gasteiger partial charge in [-0.15, -0.1) is 0 Å². The van der Waals surface area contributed by atoms with Crippen molar-refractivity contribution in [2.24, 2.45) is 0 Å². The molecule has 0 saturated carbocycles. The average Bonchev–Trinajstić information content (AvgIpc) is 2.43. The fourth-order valence-corrected chi connectivity index (χ4v) is 2.21. The maximum absolute atomic E-state index is 14.6. The normalized spacial score (nSPS) is 26.4. The van der Waals surface area contributed by atoms with Crippen molar-refractivity contribution in [3.05, 3.63) is 35.4 Å². The summed E-state index contributed by atoms with van der Waals surface area (Å²) in [7, 11) is 0. The fraction of sp³-hybridized carbons (Fsp3) is 0.500. The molecule has 88 valence electrons. The van der Waals surface area contributed by atoms with Crippen LogP contribution in [0.15, 0.2) is 18.2 Å². The molecule has 1 aliphatic heterocycles. The first-order valence-electron chi connectivity index (χ1n) is 5.48. The first-order valence-corrected chi connectivity index (χ1v) is 5.48. The van der Waals surface area contributed by atoms with Gasteiger partial charge in [0.05, 0.1) is 5.56 Å². The molecular formula is C12H14F3N. The molecule has 1 N–H and O–H groups in total. The van der Waals surface area contributed by atoms with Crippen LogP contribution in [-0.2, 0) is 5.67 Å². The van der Waals surface area contributed by atoms with Crippen LogP contribution in [0.4, 0.5) is 13.2 Å². The molecule has 1 aromatic carbocycles. The maximum Gasteiger partial charge on any atom is 0.142 e. The van der Waals surface area contributed by atoms with Gasteiger partial charge in [0.15, 0.2) is 0 Å². The third kappa shape index (κ3) is 2.07. The summed E-state index contributed by atoms with van der Waals surface area (Å²) >= 11 is 0. The van der Waals surface area contributed by atoms with E-state index in [0.717, 1.165) is 12.1 Å². The zero-order chi connectivity index (χ0) is 11.6. The Morgan fingerprint density at radius 2 is 1.75 bits per heavy atom. The van der Waals surface area contributed by atoms with Crippen molar-refractivity contribution in [1.29, 1.82) is 0 Å². The molecule has 0 radical (unpaired) electrons. The van der Waals surface area contributed by atoms with Gasteiger partial charge in [-0.3, -0.25) is 0 Å². The first-order chi connectivity index (χ1) is 7.63. The second-order valence-electron chi connectivity index (χ2n) is 4.17. The maximum atomic E-state index is 14.6. The van der Waals surface area contributed by atoms with Crippen LogP contribution in [0.1, 0.15) is 24.8 Å². The Balaban J connectivity index is 2.40. The molecule has 0 aromatic heterocycles. The van der Waals surface area contributed by atoms with Crippen molar-refractivity contribution in [1.82, 2.24) is 5.32 Å². The number of alkyl halides is 1. The topological polar surface area (TPSA) is 12.0 Å². The lowest BCUT2D eigenvalue weighted by Crippen LogP contribution is -2.25. The van der Waals surface area contributed by atoms with Crippen LogP contribution < -0.4 is 5.32 Å². The quantitative estimate of drug-likeness (QED) is 0.780. The fourth-order valence-electron chi connectivity index (χ4n) is 2.21. The van der Waals surface area contributed by atoms with E-state index in [0.29, 0.717) is 19.5 Å². The average molecular weight is 229 g/mol. The molecule has 1 heterocycles. The van der Waals surface area contributed by atoms with E-state index in [4.69, 9.17) is 0 Å². The second kappa shape index (κ2) is 4.45. The largest absolute Gasteiger partial charge is 0.317 e. The summed E-state index contributed by atoms with van der Waals surface area (Å²) < 4.78 is 41.6. The molecule has 1 aliphatic rings. The predicted octanol–water partition coefficient (Wildman–Crippen LogP) is 2.90. The Morgan fingerprint density at radius 3 is 2.44 bits per heavy atom. The van der Waals surface area contributed by atoms with Crippen molar-refractivity contribution in [2.45, 2.75) is 24.9 Å². The highest BCUT2D eigenvalue weighted by Crippen LogP contribution is 2.38. The van der Waals surface area contributed by atoms with E-state index in [2.05, 4.69) is 5.32 Å². The molecule has 1 aromatic rings. The van der Waals surface area contributed by atoms with Gasteiger partial charge in [-0.2, -0.15) is 0 Å². The van der Waals surface area contributed by atoms with Gasteiger partial charge in [0, 0.05) is 0 Å². The van der Waals surface area contributed by atoms with E-state index >= 15 is 0 Å². The third-order valence-corrected chi connectivity index (χ3v) is 3.04. The number of benzene rings is 1. The molecule has 16 heavy (non-hydrogen) atoms. The van der Waals surface area contributed by atoms with E-state index in [1.807, 2.05) is 0 Å². The van der Waals surface area contributed by atoms with Gasteiger partial charge in [0.1, 0.15) is 17.3 Å². The van der Waals surface area contributed by atoms with Crippen LogP contribution in [-0.4, -0.2) is 13.1 Å². The lowest BCUT2D eigenvalue weighted by molar-refractivity contribution is 0.133. The van der Waals surface area contributed by atoms with Gasteiger partial charge >= 0.3 is 0 Å². The lowest BCUT2D eigenvalue weighted by atomic mass is 9.88. The van der Waals surface area contributed by atoms with Crippen molar-refractivity contribution >= 4 is 0 Å². The monoisotopic (exact) mass is 229 g/mol. The number of hydrogen-bond donors (Lipinski definition) is 1. The van der Waals surface area contributed by atoms with Gasteiger partial charge in [-0.05, 0) is 44.5 Å². The Hall–Kier alpha value is -1.03. The van der Waals surface area contributed by atoms with Crippen LogP contribution >= 0.6 is 0 Å². The van der Waals surface area contributed by atoms with Crippen molar-refractivity contribution in [3.63, 3.8) is 0 Å². The SMILES string of the molecule is Fc1cccc(F)c1C1(F)CCCNCC1. The molecule has 2 rings (SSSR count). The molecule has 1 unspecified atom stereocenters. The summed E-state index contributed by atoms with van der Waals surface area (Å²) in [4.78, 5) is 0. The number of nitrogens with one attached hydrogen (secondary N) is 1. The Bertz CT molecular complexity index is 350. The minimum Gasteiger partial charge on any atom is -0.317 e. The number of rotatable bonds is 1. The molecular weight excluding hydrogens is 215 g/mol. The highest BCUT2D eigenvalue weighted by Gasteiger charge is 2.37. The van der Waals surface area contributed by atoms with Crippen LogP contribution in [0.3, 0.4) is 0 Å². The summed E-state index contributed by atoms with van der Waals surface area (Å²) in [6.07, 6.45) is 0.868. The van der Waals surface area contributed by atoms with Crippen LogP contribution in [0.5, 0.6) is 0 Å². The molecule has 0 aliphatic carbocycles. The third-order valence-electron chi connectivity index (χ3n) is 3.04. The van der Waals surface area contributed by atoms with Crippen LogP contribution in [0.25, 0.3) is 0 Å². The van der Waals surface area contributed by atoms with Gasteiger partial charge in [-0.25, -0.2) is 13.2 Å². The van der Waals surface area contributed by atoms with Crippen molar-refractivity contribution in [3.8, 4) is 0 Å². The number of hydrogen-bond acceptors (Lipinski definition) is 1. The zero-order valence-corrected chi connectivity index (χ0v) is 8.90. The highest BCUT2D eigenvalue weighted by molar-refractivity contribution is 5.26. The molecule has 1 saturated heterocycles. The minimum atomic E-state index is -1.88. The van der Waals surface area contributed by atoms with Crippen molar-refractivity contribution in [2.75, 3.05) is 13.1 Å². The predicted molar refractivity (Wildman–Crippen MR) is 55.9 cm³/mol. The Labute approximate surface area is 92.7 Å². The van der Waals surface area contributed by atoms with E-state index in [9.17, 15) is 13.2 Å². The van der Waals surface area contributed by atoms with E-state index < -0.39 is 22.9 Å². The zero-order valence-electron chi connectivity index (χ0n) is 8.90. The summed E-state index contributed by atoms with van der Waals surface area (Å²) in [5, 5.41) is 3.03. The summed E-state index contributed by atoms with van der Waals surface area (Å²) in [5.41, 5.74) is -2.28. The highest BCUT2D eigenvalue weighted by atomic mass is 19.2. The van der Waals surface area contributed by atoms with Gasteiger partial charge < -0.3 is 5.32 Å². The standard InChI is InChI=1S/C12H14F3N/c13-9-3-1-4-10(14)11(9)12(15)5-2-7-16-8-6-12/h1,3-4,16H,2,5-8H2. The summed E-state index contributed by atoms with van der Waals surface area (Å²) in [6.45, 7) is 1.14. The molecule has 0 bridgehead atoms. The molecule has 4 heteroatoms. The second-order valence-corrected chi connectivity index (χ2v) is 4.17. The molecule has 1 nitrogen and oxygen atoms in total. The summed E-state index contributed by atoms with van der Waals surface area (Å²) in [6, 6.07) is 3.47. The molecule has 0 amide bonds. The Kier molecular flexibility index (Phi) is 3.19. The van der Waals surface area contributed by atoms with Crippen LogP contribution in [0, 0.1) is 11.6 Å². The smallest absolute Gasteiger partial charge is 0.142 e. The minimum absolute atomic E-state index is 0.116.